The van der Waals surface area contributed by atoms with Gasteiger partial charge in [0.15, 0.2) is 11.5 Å². The summed E-state index contributed by atoms with van der Waals surface area (Å²) in [6.07, 6.45) is 0.853. The lowest BCUT2D eigenvalue weighted by atomic mass is 10.1. The zero-order valence-electron chi connectivity index (χ0n) is 22.6. The monoisotopic (exact) mass is 562 g/mol. The molecule has 0 spiro atoms. The summed E-state index contributed by atoms with van der Waals surface area (Å²) < 4.78 is 20.7. The van der Waals surface area contributed by atoms with Gasteiger partial charge in [0, 0.05) is 31.1 Å². The van der Waals surface area contributed by atoms with Crippen molar-refractivity contribution in [2.75, 3.05) is 55.8 Å². The molecule has 12 nitrogen and oxygen atoms in total. The first kappa shape index (κ1) is 27.9. The van der Waals surface area contributed by atoms with Crippen LogP contribution in [0.1, 0.15) is 29.8 Å². The highest BCUT2D eigenvalue weighted by Gasteiger charge is 2.33. The van der Waals surface area contributed by atoms with Gasteiger partial charge in [-0.1, -0.05) is 24.3 Å². The maximum atomic E-state index is 14.7. The van der Waals surface area contributed by atoms with E-state index in [0.29, 0.717) is 12.0 Å². The fourth-order valence-electron chi connectivity index (χ4n) is 5.44. The molecule has 214 valence electrons. The highest BCUT2D eigenvalue weighted by atomic mass is 19.1. The lowest BCUT2D eigenvalue weighted by Gasteiger charge is -2.40. The number of aromatic nitrogens is 2. The normalized spacial score (nSPS) is 19.2. The van der Waals surface area contributed by atoms with Gasteiger partial charge >= 0.3 is 12.1 Å². The zero-order chi connectivity index (χ0) is 29.1. The number of nitrogen functional groups attached to an aromatic ring is 1. The number of fused-ring (bicyclic) bond motifs is 1. The molecule has 3 aromatic rings. The minimum Gasteiger partial charge on any atom is -0.465 e. The van der Waals surface area contributed by atoms with Crippen molar-refractivity contribution in [2.24, 2.45) is 0 Å². The summed E-state index contributed by atoms with van der Waals surface area (Å²) in [4.78, 5) is 39.3. The second-order valence-corrected chi connectivity index (χ2v) is 10.2. The Balaban J connectivity index is 1.49. The molecular formula is C28H31FN8O4. The molecule has 0 radical (unpaired) electrons. The van der Waals surface area contributed by atoms with Crippen LogP contribution in [0.5, 0.6) is 6.01 Å². The first-order chi connectivity index (χ1) is 19.8. The van der Waals surface area contributed by atoms with Crippen molar-refractivity contribution in [1.82, 2.24) is 19.8 Å². The van der Waals surface area contributed by atoms with Gasteiger partial charge in [-0.05, 0) is 44.0 Å². The molecule has 2 saturated heterocycles. The smallest absolute Gasteiger partial charge is 0.407 e. The molecule has 5 rings (SSSR count). The van der Waals surface area contributed by atoms with E-state index in [2.05, 4.69) is 20.2 Å². The Kier molecular flexibility index (Phi) is 8.02. The van der Waals surface area contributed by atoms with Crippen LogP contribution in [0.25, 0.3) is 10.8 Å². The summed E-state index contributed by atoms with van der Waals surface area (Å²) in [7, 11) is 2.01. The molecule has 3 heterocycles. The van der Waals surface area contributed by atoms with Crippen LogP contribution in [0.2, 0.25) is 0 Å². The quantitative estimate of drug-likeness (QED) is 0.390. The number of carbonyl (C=O) groups excluding carboxylic acids is 1. The number of carboxylic acid groups (broad SMARTS) is 1. The van der Waals surface area contributed by atoms with Crippen LogP contribution in [0.15, 0.2) is 36.4 Å². The average molecular weight is 563 g/mol. The fraction of sp³-hybridized carbons (Fsp3) is 0.393. The summed E-state index contributed by atoms with van der Waals surface area (Å²) in [6.45, 7) is 1.74. The standard InChI is InChI=1S/C28H31FN8O4/c1-35-12-4-7-19(35)16-41-27-33-24(26(38)32-21-9-3-6-17-5-2-8-20(29)22(17)21)23(31)25(34-27)36-13-14-37(28(39)40)18(15-36)10-11-30/h2-3,5-6,8-9,18-19H,4,7,10,12-16,31H2,1H3,(H,32,38)(H,39,40)/t18-,19-/m0/s1. The second kappa shape index (κ2) is 11.8. The van der Waals surface area contributed by atoms with E-state index in [1.807, 2.05) is 13.1 Å². The summed E-state index contributed by atoms with van der Waals surface area (Å²) in [5.41, 5.74) is 6.54. The van der Waals surface area contributed by atoms with Crippen LogP contribution < -0.4 is 20.7 Å². The molecule has 1 aromatic heterocycles. The molecule has 13 heteroatoms. The Morgan fingerprint density at radius 2 is 1.98 bits per heavy atom. The molecular weight excluding hydrogens is 531 g/mol. The first-order valence-corrected chi connectivity index (χ1v) is 13.4. The molecule has 2 aliphatic rings. The number of nitrogens with two attached hydrogens (primary N) is 1. The molecule has 2 aromatic carbocycles. The van der Waals surface area contributed by atoms with Crippen molar-refractivity contribution in [3.8, 4) is 12.1 Å². The minimum absolute atomic E-state index is 0.0227. The first-order valence-electron chi connectivity index (χ1n) is 13.4. The lowest BCUT2D eigenvalue weighted by Crippen LogP contribution is -2.55. The third-order valence-electron chi connectivity index (χ3n) is 7.65. The number of anilines is 3. The number of halogens is 1. The molecule has 0 bridgehead atoms. The second-order valence-electron chi connectivity index (χ2n) is 10.2. The van der Waals surface area contributed by atoms with E-state index in [4.69, 9.17) is 10.5 Å². The van der Waals surface area contributed by atoms with Crippen LogP contribution in [-0.2, 0) is 0 Å². The SMILES string of the molecule is CN1CCC[C@H]1COc1nc(C(=O)Nc2cccc3cccc(F)c23)c(N)c(N2CCN(C(=O)O)[C@@H](CC#N)C2)n1. The Morgan fingerprint density at radius 3 is 2.68 bits per heavy atom. The molecule has 41 heavy (non-hydrogen) atoms. The van der Waals surface area contributed by atoms with E-state index in [0.717, 1.165) is 19.4 Å². The summed E-state index contributed by atoms with van der Waals surface area (Å²) in [5.74, 6) is -0.959. The van der Waals surface area contributed by atoms with Gasteiger partial charge in [-0.2, -0.15) is 15.2 Å². The molecule has 0 unspecified atom stereocenters. The Bertz CT molecular complexity index is 1510. The summed E-state index contributed by atoms with van der Waals surface area (Å²) in [5, 5.41) is 22.5. The molecule has 2 aliphatic heterocycles. The number of nitriles is 1. The number of benzene rings is 2. The molecule has 2 amide bonds. The number of ether oxygens (including phenoxy) is 1. The van der Waals surface area contributed by atoms with Crippen LogP contribution in [-0.4, -0.2) is 88.8 Å². The number of carbonyl (C=O) groups is 2. The van der Waals surface area contributed by atoms with Crippen molar-refractivity contribution in [3.63, 3.8) is 0 Å². The lowest BCUT2D eigenvalue weighted by molar-refractivity contribution is 0.102. The van der Waals surface area contributed by atoms with Gasteiger partial charge in [0.1, 0.15) is 18.1 Å². The van der Waals surface area contributed by atoms with Gasteiger partial charge < -0.3 is 35.6 Å². The molecule has 4 N–H and O–H groups in total. The van der Waals surface area contributed by atoms with Crippen LogP contribution in [0.3, 0.4) is 0 Å². The number of hydrogen-bond donors (Lipinski definition) is 3. The predicted octanol–water partition coefficient (Wildman–Crippen LogP) is 3.16. The van der Waals surface area contributed by atoms with Gasteiger partial charge in [-0.3, -0.25) is 4.79 Å². The zero-order valence-corrected chi connectivity index (χ0v) is 22.6. The van der Waals surface area contributed by atoms with Crippen molar-refractivity contribution in [3.05, 3.63) is 47.9 Å². The number of amides is 2. The summed E-state index contributed by atoms with van der Waals surface area (Å²) in [6, 6.07) is 11.2. The fourth-order valence-corrected chi connectivity index (χ4v) is 5.44. The van der Waals surface area contributed by atoms with Gasteiger partial charge in [-0.15, -0.1) is 0 Å². The molecule has 0 saturated carbocycles. The summed E-state index contributed by atoms with van der Waals surface area (Å²) >= 11 is 0. The highest BCUT2D eigenvalue weighted by molar-refractivity contribution is 6.11. The van der Waals surface area contributed by atoms with Gasteiger partial charge in [0.05, 0.1) is 24.2 Å². The molecule has 2 fully saturated rings. The number of likely N-dealkylation sites (N-methyl/N-ethyl adjacent to an activating group) is 1. The third kappa shape index (κ3) is 5.78. The van der Waals surface area contributed by atoms with Crippen molar-refractivity contribution < 1.29 is 23.8 Å². The number of nitrogens with one attached hydrogen (secondary N) is 1. The van der Waals surface area contributed by atoms with E-state index in [9.17, 15) is 24.3 Å². The number of likely N-dealkylation sites (tertiary alicyclic amines) is 1. The number of nitrogens with zero attached hydrogens (tertiary/aromatic N) is 6. The Labute approximate surface area is 236 Å². The van der Waals surface area contributed by atoms with Gasteiger partial charge in [0.25, 0.3) is 5.91 Å². The van der Waals surface area contributed by atoms with Crippen LogP contribution in [0, 0.1) is 17.1 Å². The van der Waals surface area contributed by atoms with Gasteiger partial charge in [0.2, 0.25) is 0 Å². The predicted molar refractivity (Wildman–Crippen MR) is 150 cm³/mol. The van der Waals surface area contributed by atoms with E-state index < -0.39 is 23.9 Å². The molecule has 2 atom stereocenters. The van der Waals surface area contributed by atoms with E-state index in [1.54, 1.807) is 35.2 Å². The topological polar surface area (TPSA) is 161 Å². The average Bonchev–Trinajstić information content (AvgIpc) is 3.37. The van der Waals surface area contributed by atoms with E-state index >= 15 is 0 Å². The largest absolute Gasteiger partial charge is 0.465 e. The number of piperazine rings is 1. The number of hydrogen-bond acceptors (Lipinski definition) is 9. The van der Waals surface area contributed by atoms with E-state index in [1.165, 1.54) is 11.0 Å². The molecule has 0 aliphatic carbocycles. The van der Waals surface area contributed by atoms with Crippen LogP contribution in [0.4, 0.5) is 26.4 Å². The maximum absolute atomic E-state index is 14.7. The van der Waals surface area contributed by atoms with Crippen molar-refractivity contribution in [2.45, 2.75) is 31.3 Å². The van der Waals surface area contributed by atoms with Crippen molar-refractivity contribution in [1.29, 1.82) is 5.26 Å². The minimum atomic E-state index is -1.12. The Hall–Kier alpha value is -4.70. The highest BCUT2D eigenvalue weighted by Crippen LogP contribution is 2.31. The third-order valence-corrected chi connectivity index (χ3v) is 7.65. The van der Waals surface area contributed by atoms with Crippen LogP contribution >= 0.6 is 0 Å². The maximum Gasteiger partial charge on any atom is 0.407 e. The van der Waals surface area contributed by atoms with E-state index in [-0.39, 0.29) is 66.4 Å². The van der Waals surface area contributed by atoms with Crippen molar-refractivity contribution >= 4 is 40.0 Å². The Morgan fingerprint density at radius 1 is 1.20 bits per heavy atom. The number of rotatable bonds is 7. The van der Waals surface area contributed by atoms with Gasteiger partial charge in [-0.25, -0.2) is 9.18 Å².